The van der Waals surface area contributed by atoms with Crippen LogP contribution >= 0.6 is 0 Å². The minimum absolute atomic E-state index is 0.690. The number of nitrogens with zero attached hydrogens (tertiary/aromatic N) is 1. The molecule has 2 aromatic carbocycles. The summed E-state index contributed by atoms with van der Waals surface area (Å²) < 4.78 is 5.44. The van der Waals surface area contributed by atoms with E-state index in [1.807, 2.05) is 43.3 Å². The van der Waals surface area contributed by atoms with Gasteiger partial charge in [0.1, 0.15) is 5.75 Å². The quantitative estimate of drug-likeness (QED) is 0.819. The monoisotopic (exact) mass is 237 g/mol. The summed E-state index contributed by atoms with van der Waals surface area (Å²) in [5, 5.41) is 8.77. The van der Waals surface area contributed by atoms with Gasteiger partial charge in [0.05, 0.1) is 18.7 Å². The fourth-order valence-electron chi connectivity index (χ4n) is 2.06. The van der Waals surface area contributed by atoms with E-state index < -0.39 is 0 Å². The van der Waals surface area contributed by atoms with E-state index >= 15 is 0 Å². The maximum absolute atomic E-state index is 8.77. The van der Waals surface area contributed by atoms with E-state index in [0.717, 1.165) is 17.7 Å². The Bertz CT molecular complexity index is 579. The largest absolute Gasteiger partial charge is 0.496 e. The Balaban J connectivity index is 2.28. The predicted octanol–water partition coefficient (Wildman–Crippen LogP) is 3.47. The summed E-state index contributed by atoms with van der Waals surface area (Å²) in [4.78, 5) is 0. The van der Waals surface area contributed by atoms with Crippen LogP contribution in [0.5, 0.6) is 5.75 Å². The first kappa shape index (κ1) is 12.2. The second kappa shape index (κ2) is 5.37. The van der Waals surface area contributed by atoms with Crippen molar-refractivity contribution >= 4 is 0 Å². The van der Waals surface area contributed by atoms with E-state index in [1.54, 1.807) is 7.11 Å². The lowest BCUT2D eigenvalue weighted by molar-refractivity contribution is 0.407. The maximum atomic E-state index is 8.77. The van der Waals surface area contributed by atoms with Gasteiger partial charge in [-0.25, -0.2) is 0 Å². The van der Waals surface area contributed by atoms with Crippen molar-refractivity contribution < 1.29 is 4.74 Å². The highest BCUT2D eigenvalue weighted by Crippen LogP contribution is 2.25. The highest BCUT2D eigenvalue weighted by molar-refractivity contribution is 5.44. The zero-order chi connectivity index (χ0) is 13.0. The average molecular weight is 237 g/mol. The Morgan fingerprint density at radius 2 is 1.83 bits per heavy atom. The molecule has 2 heteroatoms. The molecule has 0 saturated heterocycles. The molecule has 0 spiro atoms. The van der Waals surface area contributed by atoms with Crippen LogP contribution in [0, 0.1) is 18.3 Å². The summed E-state index contributed by atoms with van der Waals surface area (Å²) in [5.41, 5.74) is 4.18. The van der Waals surface area contributed by atoms with E-state index in [-0.39, 0.29) is 0 Å². The highest BCUT2D eigenvalue weighted by Gasteiger charge is 2.06. The predicted molar refractivity (Wildman–Crippen MR) is 71.7 cm³/mol. The lowest BCUT2D eigenvalue weighted by Crippen LogP contribution is -1.96. The normalized spacial score (nSPS) is 9.83. The van der Waals surface area contributed by atoms with Crippen LogP contribution in [0.2, 0.25) is 0 Å². The van der Waals surface area contributed by atoms with Crippen molar-refractivity contribution in [2.75, 3.05) is 7.11 Å². The molecule has 0 unspecified atom stereocenters. The number of para-hydroxylation sites is 1. The number of rotatable bonds is 3. The van der Waals surface area contributed by atoms with E-state index in [4.69, 9.17) is 10.00 Å². The second-order valence-corrected chi connectivity index (χ2v) is 4.25. The van der Waals surface area contributed by atoms with Crippen molar-refractivity contribution in [1.29, 1.82) is 5.26 Å². The van der Waals surface area contributed by atoms with Crippen molar-refractivity contribution in [3.8, 4) is 11.8 Å². The van der Waals surface area contributed by atoms with Crippen LogP contribution in [0.4, 0.5) is 0 Å². The van der Waals surface area contributed by atoms with E-state index in [1.165, 1.54) is 11.1 Å². The molecule has 0 aliphatic heterocycles. The lowest BCUT2D eigenvalue weighted by atomic mass is 10.0. The van der Waals surface area contributed by atoms with Crippen molar-refractivity contribution in [2.24, 2.45) is 0 Å². The molecule has 0 bridgehead atoms. The summed E-state index contributed by atoms with van der Waals surface area (Å²) >= 11 is 0. The van der Waals surface area contributed by atoms with Gasteiger partial charge in [0.2, 0.25) is 0 Å². The van der Waals surface area contributed by atoms with Crippen LogP contribution in [-0.4, -0.2) is 7.11 Å². The molecule has 0 aliphatic carbocycles. The van der Waals surface area contributed by atoms with Gasteiger partial charge in [-0.15, -0.1) is 0 Å². The Hall–Kier alpha value is -2.27. The van der Waals surface area contributed by atoms with Gasteiger partial charge >= 0.3 is 0 Å². The van der Waals surface area contributed by atoms with Gasteiger partial charge in [-0.05, 0) is 35.7 Å². The van der Waals surface area contributed by atoms with Crippen LogP contribution in [0.1, 0.15) is 22.3 Å². The Labute approximate surface area is 107 Å². The van der Waals surface area contributed by atoms with Crippen LogP contribution in [0.3, 0.4) is 0 Å². The number of ether oxygens (including phenoxy) is 1. The summed E-state index contributed by atoms with van der Waals surface area (Å²) in [5.74, 6) is 0.946. The molecule has 2 aromatic rings. The topological polar surface area (TPSA) is 33.0 Å². The molecule has 90 valence electrons. The van der Waals surface area contributed by atoms with Crippen molar-refractivity contribution in [2.45, 2.75) is 13.3 Å². The average Bonchev–Trinajstić information content (AvgIpc) is 2.40. The van der Waals surface area contributed by atoms with Gasteiger partial charge in [-0.1, -0.05) is 30.3 Å². The fraction of sp³-hybridized carbons (Fsp3) is 0.188. The maximum Gasteiger partial charge on any atom is 0.125 e. The molecular weight excluding hydrogens is 222 g/mol. The summed E-state index contributed by atoms with van der Waals surface area (Å²) in [6.45, 7) is 2.04. The summed E-state index contributed by atoms with van der Waals surface area (Å²) in [6, 6.07) is 15.9. The summed E-state index contributed by atoms with van der Waals surface area (Å²) in [6.07, 6.45) is 0.816. The number of nitriles is 1. The first-order chi connectivity index (χ1) is 8.74. The molecular formula is C16H15NO. The van der Waals surface area contributed by atoms with Crippen molar-refractivity contribution in [1.82, 2.24) is 0 Å². The number of methoxy groups -OCH3 is 1. The van der Waals surface area contributed by atoms with Gasteiger partial charge in [0.15, 0.2) is 0 Å². The van der Waals surface area contributed by atoms with Gasteiger partial charge in [0, 0.05) is 6.42 Å². The number of benzene rings is 2. The molecule has 2 rings (SSSR count). The Morgan fingerprint density at radius 3 is 2.44 bits per heavy atom. The van der Waals surface area contributed by atoms with Crippen molar-refractivity contribution in [3.63, 3.8) is 0 Å². The molecule has 0 amide bonds. The van der Waals surface area contributed by atoms with Gasteiger partial charge in [-0.3, -0.25) is 0 Å². The molecule has 0 heterocycles. The molecule has 0 aliphatic rings. The van der Waals surface area contributed by atoms with E-state index in [9.17, 15) is 0 Å². The first-order valence-corrected chi connectivity index (χ1v) is 5.86. The standard InChI is InChI=1S/C16H15NO/c1-12-4-3-5-15(16(12)18-2)10-13-6-8-14(11-17)9-7-13/h3-9H,10H2,1-2H3. The zero-order valence-electron chi connectivity index (χ0n) is 10.6. The molecule has 0 aromatic heterocycles. The molecule has 18 heavy (non-hydrogen) atoms. The molecule has 0 fully saturated rings. The van der Waals surface area contributed by atoms with Gasteiger partial charge < -0.3 is 4.74 Å². The molecule has 0 radical (unpaired) electrons. The third-order valence-corrected chi connectivity index (χ3v) is 2.98. The fourth-order valence-corrected chi connectivity index (χ4v) is 2.06. The molecule has 2 nitrogen and oxygen atoms in total. The smallest absolute Gasteiger partial charge is 0.125 e. The molecule has 0 N–H and O–H groups in total. The number of aryl methyl sites for hydroxylation is 1. The molecule has 0 atom stereocenters. The number of hydrogen-bond donors (Lipinski definition) is 0. The SMILES string of the molecule is COc1c(C)cccc1Cc1ccc(C#N)cc1. The molecule has 0 saturated carbocycles. The second-order valence-electron chi connectivity index (χ2n) is 4.25. The highest BCUT2D eigenvalue weighted by atomic mass is 16.5. The number of hydrogen-bond acceptors (Lipinski definition) is 2. The van der Waals surface area contributed by atoms with Crippen LogP contribution in [-0.2, 0) is 6.42 Å². The van der Waals surface area contributed by atoms with Gasteiger partial charge in [0.25, 0.3) is 0 Å². The van der Waals surface area contributed by atoms with E-state index in [0.29, 0.717) is 5.56 Å². The van der Waals surface area contributed by atoms with Crippen LogP contribution in [0.25, 0.3) is 0 Å². The van der Waals surface area contributed by atoms with Crippen LogP contribution in [0.15, 0.2) is 42.5 Å². The van der Waals surface area contributed by atoms with E-state index in [2.05, 4.69) is 12.1 Å². The zero-order valence-corrected chi connectivity index (χ0v) is 10.6. The van der Waals surface area contributed by atoms with Crippen molar-refractivity contribution in [3.05, 3.63) is 64.7 Å². The first-order valence-electron chi connectivity index (χ1n) is 5.86. The third kappa shape index (κ3) is 2.52. The Kier molecular flexibility index (Phi) is 3.64. The third-order valence-electron chi connectivity index (χ3n) is 2.98. The van der Waals surface area contributed by atoms with Crippen LogP contribution < -0.4 is 4.74 Å². The minimum Gasteiger partial charge on any atom is -0.496 e. The lowest BCUT2D eigenvalue weighted by Gasteiger charge is -2.11. The van der Waals surface area contributed by atoms with Gasteiger partial charge in [-0.2, -0.15) is 5.26 Å². The summed E-state index contributed by atoms with van der Waals surface area (Å²) in [7, 11) is 1.70. The minimum atomic E-state index is 0.690. The Morgan fingerprint density at radius 1 is 1.11 bits per heavy atom.